The number of nitrogens with two attached hydrogens (primary N) is 1. The lowest BCUT2D eigenvalue weighted by Crippen LogP contribution is -2.13. The Bertz CT molecular complexity index is 355. The van der Waals surface area contributed by atoms with Crippen molar-refractivity contribution in [2.45, 2.75) is 13.3 Å². The number of carbonyl (C=O) groups is 1. The van der Waals surface area contributed by atoms with Gasteiger partial charge in [-0.25, -0.2) is 0 Å². The number of nitrogens with one attached hydrogen (secondary N) is 1. The number of hydrazine groups is 1. The third kappa shape index (κ3) is 3.21. The fourth-order valence-electron chi connectivity index (χ4n) is 1.23. The van der Waals surface area contributed by atoms with Crippen LogP contribution in [0.4, 0.5) is 5.69 Å². The monoisotopic (exact) mass is 272 g/mol. The first-order valence-corrected chi connectivity index (χ1v) is 5.38. The zero-order valence-corrected chi connectivity index (χ0v) is 10.0. The van der Waals surface area contributed by atoms with Gasteiger partial charge in [-0.15, -0.1) is 0 Å². The molecule has 1 aromatic carbocycles. The molecular formula is C10H13BrN2O2. The minimum absolute atomic E-state index is 0.203. The largest absolute Gasteiger partial charge is 0.466 e. The van der Waals surface area contributed by atoms with E-state index in [1.54, 1.807) is 13.0 Å². The minimum Gasteiger partial charge on any atom is -0.466 e. The normalized spacial score (nSPS) is 9.80. The molecule has 0 radical (unpaired) electrons. The van der Waals surface area contributed by atoms with Crippen molar-refractivity contribution in [1.29, 1.82) is 0 Å². The number of hydrogen-bond acceptors (Lipinski definition) is 4. The number of nitrogen functional groups attached to an aromatic ring is 1. The molecule has 1 rings (SSSR count). The molecule has 0 fully saturated rings. The van der Waals surface area contributed by atoms with E-state index in [1.165, 1.54) is 0 Å². The van der Waals surface area contributed by atoms with Gasteiger partial charge in [0.1, 0.15) is 0 Å². The average molecular weight is 273 g/mol. The molecule has 0 bridgehead atoms. The maximum absolute atomic E-state index is 11.3. The summed E-state index contributed by atoms with van der Waals surface area (Å²) in [6.07, 6.45) is 0.203. The second-order valence-corrected chi connectivity index (χ2v) is 3.75. The summed E-state index contributed by atoms with van der Waals surface area (Å²) in [6, 6.07) is 5.50. The molecule has 3 N–H and O–H groups in total. The molecular weight excluding hydrogens is 260 g/mol. The van der Waals surface area contributed by atoms with Crippen LogP contribution < -0.4 is 11.3 Å². The lowest BCUT2D eigenvalue weighted by atomic mass is 10.1. The summed E-state index contributed by atoms with van der Waals surface area (Å²) < 4.78 is 5.71. The molecule has 0 aromatic heterocycles. The zero-order valence-electron chi connectivity index (χ0n) is 8.42. The van der Waals surface area contributed by atoms with Crippen LogP contribution in [0.3, 0.4) is 0 Å². The number of hydrogen-bond donors (Lipinski definition) is 2. The Hall–Kier alpha value is -1.07. The Labute approximate surface area is 96.9 Å². The molecule has 0 aliphatic carbocycles. The van der Waals surface area contributed by atoms with Crippen molar-refractivity contribution in [3.05, 3.63) is 28.2 Å². The third-order valence-electron chi connectivity index (χ3n) is 1.90. The van der Waals surface area contributed by atoms with Gasteiger partial charge in [0.25, 0.3) is 0 Å². The van der Waals surface area contributed by atoms with Crippen LogP contribution >= 0.6 is 15.9 Å². The number of esters is 1. The fraction of sp³-hybridized carbons (Fsp3) is 0.300. The summed E-state index contributed by atoms with van der Waals surface area (Å²) >= 11 is 3.36. The topological polar surface area (TPSA) is 64.3 Å². The van der Waals surface area contributed by atoms with Gasteiger partial charge in [-0.3, -0.25) is 10.6 Å². The number of benzene rings is 1. The van der Waals surface area contributed by atoms with Crippen molar-refractivity contribution < 1.29 is 9.53 Å². The molecule has 15 heavy (non-hydrogen) atoms. The second-order valence-electron chi connectivity index (χ2n) is 2.89. The molecule has 5 heteroatoms. The molecule has 0 heterocycles. The highest BCUT2D eigenvalue weighted by atomic mass is 79.9. The van der Waals surface area contributed by atoms with Gasteiger partial charge in [-0.05, 0) is 19.1 Å². The first-order chi connectivity index (χ1) is 7.19. The molecule has 1 aromatic rings. The van der Waals surface area contributed by atoms with Gasteiger partial charge < -0.3 is 10.2 Å². The van der Waals surface area contributed by atoms with Crippen LogP contribution in [0.1, 0.15) is 12.5 Å². The maximum Gasteiger partial charge on any atom is 0.310 e. The number of halogens is 1. The van der Waals surface area contributed by atoms with Gasteiger partial charge in [-0.1, -0.05) is 22.0 Å². The number of rotatable bonds is 4. The highest BCUT2D eigenvalue weighted by molar-refractivity contribution is 9.10. The molecule has 0 saturated carbocycles. The first-order valence-electron chi connectivity index (χ1n) is 4.58. The Balaban J connectivity index is 2.87. The van der Waals surface area contributed by atoms with Crippen molar-refractivity contribution in [3.8, 4) is 0 Å². The van der Waals surface area contributed by atoms with E-state index in [2.05, 4.69) is 21.4 Å². The van der Waals surface area contributed by atoms with Crippen LogP contribution in [0.15, 0.2) is 22.7 Å². The molecule has 0 spiro atoms. The molecule has 0 saturated heterocycles. The highest BCUT2D eigenvalue weighted by Crippen LogP contribution is 2.24. The van der Waals surface area contributed by atoms with Crippen molar-refractivity contribution >= 4 is 27.6 Å². The number of ether oxygens (including phenoxy) is 1. The first kappa shape index (κ1) is 12.0. The smallest absolute Gasteiger partial charge is 0.310 e. The summed E-state index contributed by atoms with van der Waals surface area (Å²) in [4.78, 5) is 11.3. The van der Waals surface area contributed by atoms with Crippen LogP contribution in [0.2, 0.25) is 0 Å². The molecule has 4 nitrogen and oxygen atoms in total. The van der Waals surface area contributed by atoms with E-state index in [0.29, 0.717) is 6.61 Å². The Morgan fingerprint density at radius 2 is 2.33 bits per heavy atom. The molecule has 82 valence electrons. The molecule has 0 atom stereocenters. The molecule has 0 unspecified atom stereocenters. The van der Waals surface area contributed by atoms with Crippen molar-refractivity contribution in [3.63, 3.8) is 0 Å². The number of anilines is 1. The lowest BCUT2D eigenvalue weighted by molar-refractivity contribution is -0.142. The molecule has 0 aliphatic rings. The van der Waals surface area contributed by atoms with E-state index in [9.17, 15) is 4.79 Å². The van der Waals surface area contributed by atoms with E-state index >= 15 is 0 Å². The summed E-state index contributed by atoms with van der Waals surface area (Å²) in [7, 11) is 0. The SMILES string of the molecule is CCOC(=O)Cc1c(Br)cccc1NN. The second kappa shape index (κ2) is 5.72. The lowest BCUT2D eigenvalue weighted by Gasteiger charge is -2.10. The third-order valence-corrected chi connectivity index (χ3v) is 2.64. The molecule has 0 aliphatic heterocycles. The van der Waals surface area contributed by atoms with Gasteiger partial charge in [0.15, 0.2) is 0 Å². The fourth-order valence-corrected chi connectivity index (χ4v) is 1.74. The Morgan fingerprint density at radius 3 is 2.93 bits per heavy atom. The van der Waals surface area contributed by atoms with Crippen LogP contribution in [-0.2, 0) is 16.0 Å². The maximum atomic E-state index is 11.3. The van der Waals surface area contributed by atoms with Crippen molar-refractivity contribution in [2.75, 3.05) is 12.0 Å². The van der Waals surface area contributed by atoms with Gasteiger partial charge in [0.2, 0.25) is 0 Å². The summed E-state index contributed by atoms with van der Waals surface area (Å²) in [5, 5.41) is 0. The van der Waals surface area contributed by atoms with E-state index in [1.807, 2.05) is 12.1 Å². The number of carbonyl (C=O) groups excluding carboxylic acids is 1. The van der Waals surface area contributed by atoms with Gasteiger partial charge in [-0.2, -0.15) is 0 Å². The predicted octanol–water partition coefficient (Wildman–Crippen LogP) is 1.84. The van der Waals surface area contributed by atoms with Gasteiger partial charge >= 0.3 is 5.97 Å². The van der Waals surface area contributed by atoms with Crippen LogP contribution in [0.25, 0.3) is 0 Å². The van der Waals surface area contributed by atoms with E-state index in [0.717, 1.165) is 15.7 Å². The summed E-state index contributed by atoms with van der Waals surface area (Å²) in [6.45, 7) is 2.16. The van der Waals surface area contributed by atoms with Crippen LogP contribution in [-0.4, -0.2) is 12.6 Å². The predicted molar refractivity (Wildman–Crippen MR) is 62.3 cm³/mol. The highest BCUT2D eigenvalue weighted by Gasteiger charge is 2.11. The van der Waals surface area contributed by atoms with E-state index in [-0.39, 0.29) is 12.4 Å². The van der Waals surface area contributed by atoms with Crippen LogP contribution in [0.5, 0.6) is 0 Å². The van der Waals surface area contributed by atoms with Gasteiger partial charge in [0, 0.05) is 10.0 Å². The quantitative estimate of drug-likeness (QED) is 0.499. The summed E-state index contributed by atoms with van der Waals surface area (Å²) in [5.41, 5.74) is 4.07. The Kier molecular flexibility index (Phi) is 4.58. The van der Waals surface area contributed by atoms with Crippen molar-refractivity contribution in [2.24, 2.45) is 5.84 Å². The Morgan fingerprint density at radius 1 is 1.60 bits per heavy atom. The average Bonchev–Trinajstić information content (AvgIpc) is 2.21. The summed E-state index contributed by atoms with van der Waals surface area (Å²) in [5.74, 6) is 5.08. The standard InChI is InChI=1S/C10H13BrN2O2/c1-2-15-10(14)6-7-8(11)4-3-5-9(7)13-12/h3-5,13H,2,6,12H2,1H3. The minimum atomic E-state index is -0.263. The molecule has 0 amide bonds. The van der Waals surface area contributed by atoms with Crippen molar-refractivity contribution in [1.82, 2.24) is 0 Å². The van der Waals surface area contributed by atoms with Gasteiger partial charge in [0.05, 0.1) is 18.7 Å². The zero-order chi connectivity index (χ0) is 11.3. The van der Waals surface area contributed by atoms with E-state index in [4.69, 9.17) is 10.6 Å². The van der Waals surface area contributed by atoms with Crippen LogP contribution in [0, 0.1) is 0 Å². The van der Waals surface area contributed by atoms with E-state index < -0.39 is 0 Å².